The molecule has 0 unspecified atom stereocenters. The summed E-state index contributed by atoms with van der Waals surface area (Å²) in [5.74, 6) is 0.357. The molecule has 0 spiro atoms. The van der Waals surface area contributed by atoms with Crippen LogP contribution in [0.1, 0.15) is 29.8 Å². The number of hydrogen-bond donors (Lipinski definition) is 3. The molecule has 0 saturated heterocycles. The van der Waals surface area contributed by atoms with Crippen molar-refractivity contribution in [3.05, 3.63) is 71.8 Å². The number of carbonyl (C=O) groups excluding carboxylic acids is 1. The number of benzene rings is 3. The maximum absolute atomic E-state index is 12.8. The summed E-state index contributed by atoms with van der Waals surface area (Å²) >= 11 is 0. The van der Waals surface area contributed by atoms with E-state index in [0.29, 0.717) is 23.7 Å². The van der Waals surface area contributed by atoms with E-state index in [-0.39, 0.29) is 5.91 Å². The van der Waals surface area contributed by atoms with Crippen molar-refractivity contribution in [1.82, 2.24) is 5.32 Å². The summed E-state index contributed by atoms with van der Waals surface area (Å²) in [4.78, 5) is 12.8. The molecule has 0 saturated carbocycles. The highest BCUT2D eigenvalue weighted by molar-refractivity contribution is 6.00. The van der Waals surface area contributed by atoms with Crippen LogP contribution < -0.4 is 16.4 Å². The van der Waals surface area contributed by atoms with E-state index in [1.807, 2.05) is 36.4 Å². The number of nitrogens with one attached hydrogen (secondary N) is 2. The van der Waals surface area contributed by atoms with Gasteiger partial charge in [0, 0.05) is 24.5 Å². The highest BCUT2D eigenvalue weighted by Gasteiger charge is 2.13. The fraction of sp³-hybridized carbons (Fsp3) is 0.227. The lowest BCUT2D eigenvalue weighted by Crippen LogP contribution is -2.24. The Kier molecular flexibility index (Phi) is 5.42. The first-order valence-electron chi connectivity index (χ1n) is 8.93. The van der Waals surface area contributed by atoms with Crippen molar-refractivity contribution in [2.75, 3.05) is 17.6 Å². The third kappa shape index (κ3) is 4.14. The van der Waals surface area contributed by atoms with Crippen LogP contribution in [0.3, 0.4) is 0 Å². The van der Waals surface area contributed by atoms with Gasteiger partial charge in [-0.3, -0.25) is 4.79 Å². The molecule has 0 aliphatic heterocycles. The lowest BCUT2D eigenvalue weighted by Gasteiger charge is -2.15. The molecule has 0 aromatic heterocycles. The minimum Gasteiger partial charge on any atom is -0.399 e. The van der Waals surface area contributed by atoms with Gasteiger partial charge in [-0.2, -0.15) is 0 Å². The zero-order valence-electron chi connectivity index (χ0n) is 15.3. The van der Waals surface area contributed by atoms with Crippen LogP contribution in [0, 0.1) is 5.92 Å². The van der Waals surface area contributed by atoms with Gasteiger partial charge in [-0.1, -0.05) is 56.3 Å². The van der Waals surface area contributed by atoms with Gasteiger partial charge < -0.3 is 16.4 Å². The first-order chi connectivity index (χ1) is 12.5. The Morgan fingerprint density at radius 1 is 1.04 bits per heavy atom. The summed E-state index contributed by atoms with van der Waals surface area (Å²) in [6.07, 6.45) is 0. The van der Waals surface area contributed by atoms with Crippen molar-refractivity contribution in [3.8, 4) is 0 Å². The molecule has 4 heteroatoms. The largest absolute Gasteiger partial charge is 0.399 e. The van der Waals surface area contributed by atoms with Gasteiger partial charge in [0.2, 0.25) is 0 Å². The normalized spacial score (nSPS) is 10.9. The van der Waals surface area contributed by atoms with Gasteiger partial charge in [0.05, 0.1) is 5.56 Å². The minimum atomic E-state index is -0.128. The number of rotatable bonds is 6. The topological polar surface area (TPSA) is 67.1 Å². The van der Waals surface area contributed by atoms with Gasteiger partial charge in [0.15, 0.2) is 0 Å². The lowest BCUT2D eigenvalue weighted by molar-refractivity contribution is 0.0952. The molecule has 134 valence electrons. The maximum atomic E-state index is 12.8. The molecule has 4 N–H and O–H groups in total. The number of fused-ring (bicyclic) bond motifs is 1. The lowest BCUT2D eigenvalue weighted by atomic mass is 10.0. The first kappa shape index (κ1) is 17.8. The van der Waals surface area contributed by atoms with Crippen LogP contribution in [0.15, 0.2) is 60.7 Å². The zero-order valence-corrected chi connectivity index (χ0v) is 15.3. The second-order valence-electron chi connectivity index (χ2n) is 6.90. The molecule has 1 amide bonds. The Morgan fingerprint density at radius 2 is 1.81 bits per heavy atom. The summed E-state index contributed by atoms with van der Waals surface area (Å²) in [7, 11) is 0. The number of nitrogen functional groups attached to an aromatic ring is 1. The predicted molar refractivity (Wildman–Crippen MR) is 109 cm³/mol. The highest BCUT2D eigenvalue weighted by atomic mass is 16.1. The van der Waals surface area contributed by atoms with E-state index in [1.165, 1.54) is 5.39 Å². The van der Waals surface area contributed by atoms with Crippen molar-refractivity contribution in [1.29, 1.82) is 0 Å². The maximum Gasteiger partial charge on any atom is 0.253 e. The van der Waals surface area contributed by atoms with Crippen LogP contribution in [-0.2, 0) is 6.54 Å². The van der Waals surface area contributed by atoms with Crippen LogP contribution in [0.25, 0.3) is 10.8 Å². The third-order valence-corrected chi connectivity index (χ3v) is 4.31. The molecule has 0 bridgehead atoms. The Balaban J connectivity index is 1.78. The van der Waals surface area contributed by atoms with Gasteiger partial charge in [-0.15, -0.1) is 0 Å². The molecule has 0 aliphatic carbocycles. The molecular formula is C22H25N3O. The molecule has 3 rings (SSSR count). The molecule has 3 aromatic carbocycles. The van der Waals surface area contributed by atoms with Crippen molar-refractivity contribution in [3.63, 3.8) is 0 Å². The van der Waals surface area contributed by atoms with Crippen molar-refractivity contribution >= 4 is 28.1 Å². The van der Waals surface area contributed by atoms with E-state index < -0.39 is 0 Å². The fourth-order valence-electron chi connectivity index (χ4n) is 2.94. The summed E-state index contributed by atoms with van der Waals surface area (Å²) in [5, 5.41) is 8.68. The second-order valence-corrected chi connectivity index (χ2v) is 6.90. The molecule has 0 aliphatic rings. The van der Waals surface area contributed by atoms with Crippen molar-refractivity contribution in [2.45, 2.75) is 20.4 Å². The van der Waals surface area contributed by atoms with Gasteiger partial charge in [-0.05, 0) is 40.5 Å². The Bertz CT molecular complexity index is 913. The van der Waals surface area contributed by atoms with Crippen molar-refractivity contribution in [2.24, 2.45) is 5.92 Å². The molecule has 0 fully saturated rings. The monoisotopic (exact) mass is 347 g/mol. The van der Waals surface area contributed by atoms with Gasteiger partial charge in [0.1, 0.15) is 0 Å². The molecule has 4 nitrogen and oxygen atoms in total. The van der Waals surface area contributed by atoms with Crippen LogP contribution in [0.4, 0.5) is 11.4 Å². The number of anilines is 2. The Hall–Kier alpha value is -3.01. The fourth-order valence-corrected chi connectivity index (χ4v) is 2.94. The Labute approximate surface area is 154 Å². The number of amides is 1. The van der Waals surface area contributed by atoms with Gasteiger partial charge >= 0.3 is 0 Å². The van der Waals surface area contributed by atoms with Crippen molar-refractivity contribution < 1.29 is 4.79 Å². The number of carbonyl (C=O) groups is 1. The molecule has 0 atom stereocenters. The zero-order chi connectivity index (χ0) is 18.5. The standard InChI is InChI=1S/C22H25N3O/c1-15(2)13-24-21-11-10-18(23)12-20(21)22(26)25-14-17-8-5-7-16-6-3-4-9-19(16)17/h3-12,15,24H,13-14,23H2,1-2H3,(H,25,26). The summed E-state index contributed by atoms with van der Waals surface area (Å²) < 4.78 is 0. The smallest absolute Gasteiger partial charge is 0.253 e. The first-order valence-corrected chi connectivity index (χ1v) is 8.93. The average molecular weight is 347 g/mol. The van der Waals surface area contributed by atoms with Gasteiger partial charge in [0.25, 0.3) is 5.91 Å². The van der Waals surface area contributed by atoms with E-state index in [0.717, 1.165) is 23.2 Å². The quantitative estimate of drug-likeness (QED) is 0.578. The summed E-state index contributed by atoms with van der Waals surface area (Å²) in [5.41, 5.74) is 8.95. The van der Waals surface area contributed by atoms with Crippen LogP contribution in [-0.4, -0.2) is 12.5 Å². The van der Waals surface area contributed by atoms with E-state index in [2.05, 4.69) is 42.7 Å². The SMILES string of the molecule is CC(C)CNc1ccc(N)cc1C(=O)NCc1cccc2ccccc12. The summed E-state index contributed by atoms with van der Waals surface area (Å²) in [6.45, 7) is 5.53. The second kappa shape index (κ2) is 7.91. The molecule has 0 heterocycles. The van der Waals surface area contributed by atoms with Crippen LogP contribution in [0.5, 0.6) is 0 Å². The number of nitrogens with two attached hydrogens (primary N) is 1. The molecule has 3 aromatic rings. The minimum absolute atomic E-state index is 0.128. The Morgan fingerprint density at radius 3 is 2.62 bits per heavy atom. The molecular weight excluding hydrogens is 322 g/mol. The average Bonchev–Trinajstić information content (AvgIpc) is 2.65. The van der Waals surface area contributed by atoms with E-state index in [1.54, 1.807) is 6.07 Å². The van der Waals surface area contributed by atoms with Gasteiger partial charge in [-0.25, -0.2) is 0 Å². The van der Waals surface area contributed by atoms with E-state index in [4.69, 9.17) is 5.73 Å². The number of hydrogen-bond acceptors (Lipinski definition) is 3. The summed E-state index contributed by atoms with van der Waals surface area (Å²) in [6, 6.07) is 19.7. The van der Waals surface area contributed by atoms with Crippen LogP contribution >= 0.6 is 0 Å². The third-order valence-electron chi connectivity index (χ3n) is 4.31. The molecule has 26 heavy (non-hydrogen) atoms. The highest BCUT2D eigenvalue weighted by Crippen LogP contribution is 2.21. The van der Waals surface area contributed by atoms with Crippen LogP contribution in [0.2, 0.25) is 0 Å². The molecule has 0 radical (unpaired) electrons. The van der Waals surface area contributed by atoms with E-state index in [9.17, 15) is 4.79 Å². The van der Waals surface area contributed by atoms with E-state index >= 15 is 0 Å². The predicted octanol–water partition coefficient (Wildman–Crippen LogP) is 4.42.